The average Bonchev–Trinajstić information content (AvgIpc) is 3.41. The number of aromatic nitrogens is 1. The van der Waals surface area contributed by atoms with Gasteiger partial charge in [0.05, 0.1) is 28.1 Å². The van der Waals surface area contributed by atoms with Crippen molar-refractivity contribution in [3.05, 3.63) is 77.3 Å². The molecule has 0 aliphatic carbocycles. The van der Waals surface area contributed by atoms with Gasteiger partial charge in [0.15, 0.2) is 0 Å². The van der Waals surface area contributed by atoms with Gasteiger partial charge in [-0.1, -0.05) is 23.7 Å². The summed E-state index contributed by atoms with van der Waals surface area (Å²) in [6.45, 7) is 0.283. The van der Waals surface area contributed by atoms with Crippen LogP contribution in [0.3, 0.4) is 0 Å². The standard InChI is InChI=1S/C22H20ClN2O4P/c1-27-15-5-3-7-17(12-15)30(28-2)21-18-11-14(23)8-9-19(18)25-20(21)22(26)24-13-16-6-4-10-29-16/h3-12,25H,13H2,1-2H3,(H,24,26). The second-order valence-corrected chi connectivity index (χ2v) is 8.83. The van der Waals surface area contributed by atoms with Gasteiger partial charge < -0.3 is 24.0 Å². The summed E-state index contributed by atoms with van der Waals surface area (Å²) in [7, 11) is 1.95. The maximum atomic E-state index is 13.1. The predicted molar refractivity (Wildman–Crippen MR) is 119 cm³/mol. The number of ether oxygens (including phenoxy) is 1. The fraction of sp³-hybridized carbons (Fsp3) is 0.136. The SMILES string of the molecule is COc1cccc(P(OC)c2c(C(=O)NCc3ccco3)[nH]c3ccc(Cl)cc23)c1. The van der Waals surface area contributed by atoms with Crippen LogP contribution in [-0.2, 0) is 11.1 Å². The molecule has 2 heterocycles. The Balaban J connectivity index is 1.80. The van der Waals surface area contributed by atoms with Crippen LogP contribution in [-0.4, -0.2) is 25.1 Å². The molecular weight excluding hydrogens is 423 g/mol. The van der Waals surface area contributed by atoms with Gasteiger partial charge in [-0.15, -0.1) is 0 Å². The Morgan fingerprint density at radius 1 is 1.17 bits per heavy atom. The van der Waals surface area contributed by atoms with E-state index in [1.807, 2.05) is 42.5 Å². The second kappa shape index (κ2) is 8.92. The molecule has 2 N–H and O–H groups in total. The first kappa shape index (κ1) is 20.5. The Morgan fingerprint density at radius 3 is 2.77 bits per heavy atom. The van der Waals surface area contributed by atoms with Gasteiger partial charge in [0, 0.05) is 33.6 Å². The summed E-state index contributed by atoms with van der Waals surface area (Å²) in [6.07, 6.45) is 1.57. The zero-order valence-corrected chi connectivity index (χ0v) is 18.1. The third-order valence-corrected chi connectivity index (χ3v) is 6.86. The summed E-state index contributed by atoms with van der Waals surface area (Å²) >= 11 is 6.27. The van der Waals surface area contributed by atoms with E-state index in [0.29, 0.717) is 16.5 Å². The molecule has 0 radical (unpaired) electrons. The molecular formula is C22H20ClN2O4P. The molecule has 1 unspecified atom stereocenters. The van der Waals surface area contributed by atoms with Crippen LogP contribution in [0.4, 0.5) is 0 Å². The molecule has 1 amide bonds. The van der Waals surface area contributed by atoms with Crippen LogP contribution < -0.4 is 20.7 Å². The molecule has 0 saturated carbocycles. The van der Waals surface area contributed by atoms with Crippen molar-refractivity contribution >= 4 is 47.2 Å². The third kappa shape index (κ3) is 4.08. The Bertz CT molecular complexity index is 1170. The van der Waals surface area contributed by atoms with Gasteiger partial charge in [-0.25, -0.2) is 0 Å². The van der Waals surface area contributed by atoms with Crippen molar-refractivity contribution in [2.45, 2.75) is 6.54 Å². The number of furan rings is 1. The highest BCUT2D eigenvalue weighted by molar-refractivity contribution is 7.69. The fourth-order valence-electron chi connectivity index (χ4n) is 3.26. The molecule has 8 heteroatoms. The number of carbonyl (C=O) groups is 1. The third-order valence-electron chi connectivity index (χ3n) is 4.64. The van der Waals surface area contributed by atoms with Crippen molar-refractivity contribution in [1.82, 2.24) is 10.3 Å². The van der Waals surface area contributed by atoms with Crippen molar-refractivity contribution in [2.24, 2.45) is 0 Å². The number of aromatic amines is 1. The van der Waals surface area contributed by atoms with Crippen molar-refractivity contribution in [3.63, 3.8) is 0 Å². The van der Waals surface area contributed by atoms with Crippen molar-refractivity contribution in [2.75, 3.05) is 14.2 Å². The molecule has 2 aromatic carbocycles. The zero-order chi connectivity index (χ0) is 21.1. The quantitative estimate of drug-likeness (QED) is 0.417. The molecule has 0 aliphatic rings. The van der Waals surface area contributed by atoms with E-state index in [1.165, 1.54) is 0 Å². The lowest BCUT2D eigenvalue weighted by Crippen LogP contribution is -2.28. The van der Waals surface area contributed by atoms with E-state index in [1.54, 1.807) is 32.6 Å². The number of halogens is 1. The second-order valence-electron chi connectivity index (χ2n) is 6.48. The Kier molecular flexibility index (Phi) is 6.09. The first-order valence-electron chi connectivity index (χ1n) is 9.21. The highest BCUT2D eigenvalue weighted by Crippen LogP contribution is 2.39. The van der Waals surface area contributed by atoms with Gasteiger partial charge in [-0.05, 0) is 42.5 Å². The molecule has 0 bridgehead atoms. The van der Waals surface area contributed by atoms with E-state index < -0.39 is 8.15 Å². The Morgan fingerprint density at radius 2 is 2.03 bits per heavy atom. The summed E-state index contributed by atoms with van der Waals surface area (Å²) in [5, 5.41) is 6.03. The molecule has 0 aliphatic heterocycles. The summed E-state index contributed by atoms with van der Waals surface area (Å²) in [5.74, 6) is 1.14. The van der Waals surface area contributed by atoms with Crippen LogP contribution in [0.25, 0.3) is 10.9 Å². The molecule has 4 rings (SSSR count). The first-order chi connectivity index (χ1) is 14.6. The van der Waals surface area contributed by atoms with E-state index in [9.17, 15) is 4.79 Å². The Hall–Kier alpha value is -2.79. The number of carbonyl (C=O) groups excluding carboxylic acids is 1. The lowest BCUT2D eigenvalue weighted by molar-refractivity contribution is 0.0945. The summed E-state index contributed by atoms with van der Waals surface area (Å²) in [6, 6.07) is 16.7. The zero-order valence-electron chi connectivity index (χ0n) is 16.4. The predicted octanol–water partition coefficient (Wildman–Crippen LogP) is 4.35. The van der Waals surface area contributed by atoms with Crippen LogP contribution in [0.2, 0.25) is 5.02 Å². The Labute approximate surface area is 180 Å². The number of H-pyrrole nitrogens is 1. The first-order valence-corrected chi connectivity index (χ1v) is 10.8. The number of rotatable bonds is 7. The molecule has 1 atom stereocenters. The van der Waals surface area contributed by atoms with Gasteiger partial charge in [-0.3, -0.25) is 4.79 Å². The lowest BCUT2D eigenvalue weighted by Gasteiger charge is -2.18. The van der Waals surface area contributed by atoms with Crippen LogP contribution in [0.1, 0.15) is 16.2 Å². The van der Waals surface area contributed by atoms with Crippen molar-refractivity contribution < 1.29 is 18.5 Å². The van der Waals surface area contributed by atoms with Crippen molar-refractivity contribution in [3.8, 4) is 5.75 Å². The molecule has 0 spiro atoms. The minimum atomic E-state index is -1.31. The number of nitrogens with one attached hydrogen (secondary N) is 2. The average molecular weight is 443 g/mol. The van der Waals surface area contributed by atoms with E-state index >= 15 is 0 Å². The van der Waals surface area contributed by atoms with Crippen LogP contribution in [0.5, 0.6) is 5.75 Å². The lowest BCUT2D eigenvalue weighted by atomic mass is 10.2. The number of hydrogen-bond donors (Lipinski definition) is 2. The number of benzene rings is 2. The molecule has 4 aromatic rings. The maximum absolute atomic E-state index is 13.1. The number of hydrogen-bond acceptors (Lipinski definition) is 4. The maximum Gasteiger partial charge on any atom is 0.268 e. The largest absolute Gasteiger partial charge is 0.497 e. The van der Waals surface area contributed by atoms with Gasteiger partial charge in [-0.2, -0.15) is 0 Å². The summed E-state index contributed by atoms with van der Waals surface area (Å²) < 4.78 is 16.6. The highest BCUT2D eigenvalue weighted by atomic mass is 35.5. The fourth-order valence-corrected chi connectivity index (χ4v) is 5.31. The minimum Gasteiger partial charge on any atom is -0.497 e. The van der Waals surface area contributed by atoms with E-state index in [2.05, 4.69) is 10.3 Å². The molecule has 0 saturated heterocycles. The minimum absolute atomic E-state index is 0.249. The van der Waals surface area contributed by atoms with Crippen LogP contribution >= 0.6 is 19.7 Å². The monoisotopic (exact) mass is 442 g/mol. The molecule has 2 aromatic heterocycles. The topological polar surface area (TPSA) is 76.5 Å². The molecule has 0 fully saturated rings. The number of amides is 1. The van der Waals surface area contributed by atoms with Gasteiger partial charge in [0.2, 0.25) is 0 Å². The van der Waals surface area contributed by atoms with Gasteiger partial charge in [0.25, 0.3) is 5.91 Å². The molecule has 154 valence electrons. The van der Waals surface area contributed by atoms with Crippen LogP contribution in [0, 0.1) is 0 Å². The number of fused-ring (bicyclic) bond motifs is 1. The molecule has 6 nitrogen and oxygen atoms in total. The van der Waals surface area contributed by atoms with Gasteiger partial charge >= 0.3 is 0 Å². The molecule has 30 heavy (non-hydrogen) atoms. The summed E-state index contributed by atoms with van der Waals surface area (Å²) in [4.78, 5) is 16.3. The normalized spacial score (nSPS) is 12.1. The van der Waals surface area contributed by atoms with Gasteiger partial charge in [0.1, 0.15) is 17.2 Å². The van der Waals surface area contributed by atoms with E-state index in [4.69, 9.17) is 25.3 Å². The highest BCUT2D eigenvalue weighted by Gasteiger charge is 2.27. The van der Waals surface area contributed by atoms with Crippen LogP contribution in [0.15, 0.2) is 65.3 Å². The van der Waals surface area contributed by atoms with E-state index in [0.717, 1.165) is 27.3 Å². The smallest absolute Gasteiger partial charge is 0.268 e. The van der Waals surface area contributed by atoms with Crippen molar-refractivity contribution in [1.29, 1.82) is 0 Å². The number of methoxy groups -OCH3 is 1. The van der Waals surface area contributed by atoms with E-state index in [-0.39, 0.29) is 12.5 Å². The summed E-state index contributed by atoms with van der Waals surface area (Å²) in [5.41, 5.74) is 1.25.